The van der Waals surface area contributed by atoms with Gasteiger partial charge in [-0.3, -0.25) is 0 Å². The molecule has 3 aromatic rings. The Morgan fingerprint density at radius 3 is 2.79 bits per heavy atom. The topological polar surface area (TPSA) is 43.7 Å². The van der Waals surface area contributed by atoms with Crippen LogP contribution in [0.5, 0.6) is 5.75 Å². The van der Waals surface area contributed by atoms with E-state index in [1.54, 1.807) is 0 Å². The van der Waals surface area contributed by atoms with Crippen LogP contribution in [0, 0.1) is 0 Å². The van der Waals surface area contributed by atoms with Crippen molar-refractivity contribution >= 4 is 22.6 Å². The Bertz CT molecular complexity index is 828. The second-order valence-corrected chi connectivity index (χ2v) is 5.86. The van der Waals surface area contributed by atoms with Gasteiger partial charge >= 0.3 is 0 Å². The van der Waals surface area contributed by atoms with Crippen molar-refractivity contribution in [3.8, 4) is 5.75 Å². The van der Waals surface area contributed by atoms with Gasteiger partial charge in [0.15, 0.2) is 0 Å². The molecule has 0 aliphatic rings. The van der Waals surface area contributed by atoms with Crippen molar-refractivity contribution in [3.63, 3.8) is 0 Å². The summed E-state index contributed by atoms with van der Waals surface area (Å²) in [6.45, 7) is 5.94. The number of para-hydroxylation sites is 3. The second-order valence-electron chi connectivity index (χ2n) is 5.46. The van der Waals surface area contributed by atoms with Gasteiger partial charge in [0.1, 0.15) is 18.2 Å². The normalized spacial score (nSPS) is 10.9. The molecule has 1 heterocycles. The molecule has 4 nitrogen and oxygen atoms in total. The van der Waals surface area contributed by atoms with E-state index in [0.717, 1.165) is 36.4 Å². The molecule has 0 saturated carbocycles. The number of hydrogen-bond acceptors (Lipinski definition) is 2. The lowest BCUT2D eigenvalue weighted by atomic mass is 10.3. The quantitative estimate of drug-likeness (QED) is 0.639. The highest BCUT2D eigenvalue weighted by molar-refractivity contribution is 6.32. The minimum absolute atomic E-state index is 0.544. The predicted octanol–water partition coefficient (Wildman–Crippen LogP) is 3.02. The smallest absolute Gasteiger partial charge is 0.137 e. The monoisotopic (exact) mass is 342 g/mol. The first kappa shape index (κ1) is 16.6. The molecule has 0 amide bonds. The van der Waals surface area contributed by atoms with Crippen LogP contribution in [0.3, 0.4) is 0 Å². The lowest BCUT2D eigenvalue weighted by molar-refractivity contribution is -0.586. The van der Waals surface area contributed by atoms with E-state index in [1.807, 2.05) is 48.7 Å². The molecule has 1 aromatic heterocycles. The van der Waals surface area contributed by atoms with Crippen molar-refractivity contribution in [2.45, 2.75) is 13.0 Å². The second kappa shape index (κ2) is 7.99. The van der Waals surface area contributed by atoms with E-state index in [1.165, 1.54) is 0 Å². The number of ether oxygens (including phenoxy) is 1. The summed E-state index contributed by atoms with van der Waals surface area (Å²) in [6, 6.07) is 15.7. The Labute approximate surface area is 146 Å². The average Bonchev–Trinajstić information content (AvgIpc) is 2.95. The molecule has 0 spiro atoms. The standard InChI is InChI=1S/C19H20ClN3O/c1-2-21-12-11-19-22-16-8-4-5-9-17(16)23(19)13-14-24-18-10-6-3-7-15(18)20/h2-10,21H,1,11-14H2/p+1. The van der Waals surface area contributed by atoms with Crippen molar-refractivity contribution in [1.82, 2.24) is 9.55 Å². The Morgan fingerprint density at radius 2 is 1.96 bits per heavy atom. The Balaban J connectivity index is 1.75. The molecule has 5 heteroatoms. The number of fused-ring (bicyclic) bond motifs is 1. The van der Waals surface area contributed by atoms with Crippen molar-refractivity contribution in [2.24, 2.45) is 0 Å². The summed E-state index contributed by atoms with van der Waals surface area (Å²) in [4.78, 5) is 4.75. The molecule has 24 heavy (non-hydrogen) atoms. The van der Waals surface area contributed by atoms with Gasteiger partial charge in [-0.15, -0.1) is 0 Å². The number of nitrogens with zero attached hydrogens (tertiary/aromatic N) is 2. The molecule has 124 valence electrons. The van der Waals surface area contributed by atoms with E-state index < -0.39 is 0 Å². The fourth-order valence-corrected chi connectivity index (χ4v) is 2.90. The summed E-state index contributed by atoms with van der Waals surface area (Å²) < 4.78 is 8.06. The van der Waals surface area contributed by atoms with Gasteiger partial charge in [-0.1, -0.05) is 35.9 Å². The third kappa shape index (κ3) is 3.78. The molecule has 0 radical (unpaired) electrons. The van der Waals surface area contributed by atoms with Crippen LogP contribution >= 0.6 is 11.6 Å². The third-order valence-electron chi connectivity index (χ3n) is 3.84. The fourth-order valence-electron chi connectivity index (χ4n) is 2.70. The maximum absolute atomic E-state index is 6.14. The van der Waals surface area contributed by atoms with E-state index in [4.69, 9.17) is 21.3 Å². The fraction of sp³-hybridized carbons (Fsp3) is 0.211. The summed E-state index contributed by atoms with van der Waals surface area (Å²) in [7, 11) is 0. The van der Waals surface area contributed by atoms with Crippen molar-refractivity contribution in [2.75, 3.05) is 13.2 Å². The molecule has 0 bridgehead atoms. The molecule has 0 unspecified atom stereocenters. The summed E-state index contributed by atoms with van der Waals surface area (Å²) in [6.07, 6.45) is 2.71. The molecule has 2 aromatic carbocycles. The molecule has 3 rings (SSSR count). The van der Waals surface area contributed by atoms with Gasteiger partial charge in [-0.2, -0.15) is 0 Å². The van der Waals surface area contributed by atoms with Crippen LogP contribution in [-0.4, -0.2) is 22.7 Å². The number of quaternary nitrogens is 1. The van der Waals surface area contributed by atoms with Gasteiger partial charge in [0.25, 0.3) is 0 Å². The van der Waals surface area contributed by atoms with Crippen LogP contribution in [0.15, 0.2) is 61.3 Å². The van der Waals surface area contributed by atoms with Crippen LogP contribution in [0.4, 0.5) is 0 Å². The summed E-state index contributed by atoms with van der Waals surface area (Å²) >= 11 is 6.14. The molecular formula is C19H21ClN3O+. The van der Waals surface area contributed by atoms with Gasteiger partial charge in [-0.05, 0) is 30.8 Å². The lowest BCUT2D eigenvalue weighted by Gasteiger charge is -2.11. The number of benzene rings is 2. The molecular weight excluding hydrogens is 322 g/mol. The summed E-state index contributed by atoms with van der Waals surface area (Å²) in [5.74, 6) is 1.78. The Kier molecular flexibility index (Phi) is 5.51. The van der Waals surface area contributed by atoms with Crippen molar-refractivity contribution in [1.29, 1.82) is 0 Å². The van der Waals surface area contributed by atoms with E-state index in [9.17, 15) is 0 Å². The lowest BCUT2D eigenvalue weighted by Crippen LogP contribution is -2.78. The Hall–Kier alpha value is -2.30. The highest BCUT2D eigenvalue weighted by atomic mass is 35.5. The predicted molar refractivity (Wildman–Crippen MR) is 97.4 cm³/mol. The first-order chi connectivity index (χ1) is 11.8. The van der Waals surface area contributed by atoms with E-state index in [-0.39, 0.29) is 0 Å². The van der Waals surface area contributed by atoms with Gasteiger partial charge in [-0.25, -0.2) is 4.98 Å². The highest BCUT2D eigenvalue weighted by Gasteiger charge is 2.11. The van der Waals surface area contributed by atoms with Crippen LogP contribution in [0.25, 0.3) is 11.0 Å². The molecule has 0 saturated heterocycles. The molecule has 2 N–H and O–H groups in total. The number of halogens is 1. The van der Waals surface area contributed by atoms with E-state index in [0.29, 0.717) is 17.4 Å². The summed E-state index contributed by atoms with van der Waals surface area (Å²) in [5, 5.41) is 2.69. The largest absolute Gasteiger partial charge is 0.490 e. The minimum Gasteiger partial charge on any atom is -0.490 e. The Morgan fingerprint density at radius 1 is 1.17 bits per heavy atom. The molecule has 0 fully saturated rings. The highest BCUT2D eigenvalue weighted by Crippen LogP contribution is 2.23. The van der Waals surface area contributed by atoms with E-state index >= 15 is 0 Å². The van der Waals surface area contributed by atoms with Crippen molar-refractivity contribution < 1.29 is 10.1 Å². The number of hydrogen-bond donors (Lipinski definition) is 1. The van der Waals surface area contributed by atoms with Gasteiger partial charge in [0.05, 0.1) is 41.8 Å². The van der Waals surface area contributed by atoms with Gasteiger partial charge in [0, 0.05) is 0 Å². The van der Waals surface area contributed by atoms with E-state index in [2.05, 4.69) is 22.5 Å². The SMILES string of the molecule is C=C[NH2+]CCc1nc2ccccc2n1CCOc1ccccc1Cl. The number of imidazole rings is 1. The van der Waals surface area contributed by atoms with Crippen LogP contribution in [-0.2, 0) is 13.0 Å². The average molecular weight is 343 g/mol. The zero-order valence-corrected chi connectivity index (χ0v) is 14.2. The van der Waals surface area contributed by atoms with Crippen LogP contribution < -0.4 is 10.1 Å². The third-order valence-corrected chi connectivity index (χ3v) is 4.16. The number of nitrogens with two attached hydrogens (primary N) is 1. The first-order valence-electron chi connectivity index (χ1n) is 8.05. The number of aromatic nitrogens is 2. The summed E-state index contributed by atoms with van der Waals surface area (Å²) in [5.41, 5.74) is 2.15. The van der Waals surface area contributed by atoms with Gasteiger partial charge in [0.2, 0.25) is 0 Å². The zero-order valence-electron chi connectivity index (χ0n) is 13.5. The number of rotatable bonds is 8. The van der Waals surface area contributed by atoms with Crippen LogP contribution in [0.1, 0.15) is 5.82 Å². The zero-order chi connectivity index (χ0) is 16.8. The molecule has 0 aliphatic heterocycles. The maximum Gasteiger partial charge on any atom is 0.137 e. The molecule has 0 aliphatic carbocycles. The van der Waals surface area contributed by atoms with Crippen molar-refractivity contribution in [3.05, 3.63) is 72.2 Å². The van der Waals surface area contributed by atoms with Crippen LogP contribution in [0.2, 0.25) is 5.02 Å². The maximum atomic E-state index is 6.14. The first-order valence-corrected chi connectivity index (χ1v) is 8.43. The minimum atomic E-state index is 0.544. The molecule has 0 atom stereocenters. The van der Waals surface area contributed by atoms with Gasteiger partial charge < -0.3 is 14.6 Å².